The van der Waals surface area contributed by atoms with Crippen LogP contribution in [0.5, 0.6) is 5.75 Å². The number of benzene rings is 2. The van der Waals surface area contributed by atoms with Crippen LogP contribution in [-0.4, -0.2) is 17.1 Å². The van der Waals surface area contributed by atoms with Crippen molar-refractivity contribution < 1.29 is 9.90 Å². The Morgan fingerprint density at radius 3 is 2.67 bits per heavy atom. The quantitative estimate of drug-likeness (QED) is 0.786. The SMILES string of the molecule is NC(=O)c1cccc(CNC2CC2c2ccccc2)c1O. The van der Waals surface area contributed by atoms with Gasteiger partial charge in [0, 0.05) is 24.1 Å². The molecule has 0 radical (unpaired) electrons. The normalized spacial score (nSPS) is 20.2. The van der Waals surface area contributed by atoms with E-state index in [4.69, 9.17) is 5.73 Å². The van der Waals surface area contributed by atoms with Gasteiger partial charge in [-0.15, -0.1) is 0 Å². The summed E-state index contributed by atoms with van der Waals surface area (Å²) in [5.74, 6) is -0.0926. The average Bonchev–Trinajstić information content (AvgIpc) is 3.26. The maximum atomic E-state index is 11.2. The molecule has 4 heteroatoms. The molecule has 0 heterocycles. The van der Waals surface area contributed by atoms with Crippen LogP contribution in [0, 0.1) is 0 Å². The van der Waals surface area contributed by atoms with Gasteiger partial charge >= 0.3 is 0 Å². The van der Waals surface area contributed by atoms with E-state index in [-0.39, 0.29) is 11.3 Å². The van der Waals surface area contributed by atoms with E-state index in [1.54, 1.807) is 12.1 Å². The third kappa shape index (κ3) is 2.90. The van der Waals surface area contributed by atoms with Crippen LogP contribution in [0.1, 0.15) is 33.8 Å². The van der Waals surface area contributed by atoms with Crippen LogP contribution in [-0.2, 0) is 6.54 Å². The molecular formula is C17H18N2O2. The van der Waals surface area contributed by atoms with Gasteiger partial charge in [0.15, 0.2) is 0 Å². The van der Waals surface area contributed by atoms with Gasteiger partial charge in [-0.1, -0.05) is 42.5 Å². The highest BCUT2D eigenvalue weighted by Crippen LogP contribution is 2.40. The van der Waals surface area contributed by atoms with E-state index in [1.807, 2.05) is 18.2 Å². The highest BCUT2D eigenvalue weighted by molar-refractivity contribution is 5.95. The summed E-state index contributed by atoms with van der Waals surface area (Å²) in [4.78, 5) is 11.2. The van der Waals surface area contributed by atoms with Crippen molar-refractivity contribution in [3.8, 4) is 5.75 Å². The molecule has 1 amide bonds. The first-order valence-electron chi connectivity index (χ1n) is 7.06. The first kappa shape index (κ1) is 13.6. The summed E-state index contributed by atoms with van der Waals surface area (Å²) in [6.07, 6.45) is 1.10. The van der Waals surface area contributed by atoms with Gasteiger partial charge in [0.1, 0.15) is 5.75 Å². The molecule has 2 atom stereocenters. The maximum absolute atomic E-state index is 11.2. The molecule has 1 aliphatic carbocycles. The number of carbonyl (C=O) groups excluding carboxylic acids is 1. The first-order chi connectivity index (χ1) is 10.2. The molecule has 21 heavy (non-hydrogen) atoms. The van der Waals surface area contributed by atoms with E-state index in [9.17, 15) is 9.90 Å². The van der Waals surface area contributed by atoms with Gasteiger partial charge in [0.25, 0.3) is 5.91 Å². The number of hydrogen-bond acceptors (Lipinski definition) is 3. The molecular weight excluding hydrogens is 264 g/mol. The number of nitrogens with one attached hydrogen (secondary N) is 1. The summed E-state index contributed by atoms with van der Waals surface area (Å²) in [6.45, 7) is 0.529. The van der Waals surface area contributed by atoms with Crippen molar-refractivity contribution in [3.05, 3.63) is 65.2 Å². The number of para-hydroxylation sites is 1. The van der Waals surface area contributed by atoms with Gasteiger partial charge in [-0.2, -0.15) is 0 Å². The minimum absolute atomic E-state index is 0.0191. The molecule has 0 bridgehead atoms. The highest BCUT2D eigenvalue weighted by atomic mass is 16.3. The lowest BCUT2D eigenvalue weighted by Crippen LogP contribution is -2.18. The lowest BCUT2D eigenvalue weighted by atomic mass is 10.1. The van der Waals surface area contributed by atoms with Crippen LogP contribution in [0.15, 0.2) is 48.5 Å². The van der Waals surface area contributed by atoms with Crippen molar-refractivity contribution in [2.45, 2.75) is 24.9 Å². The van der Waals surface area contributed by atoms with E-state index in [0.29, 0.717) is 24.1 Å². The molecule has 108 valence electrons. The Kier molecular flexibility index (Phi) is 3.62. The summed E-state index contributed by atoms with van der Waals surface area (Å²) in [5, 5.41) is 13.5. The Morgan fingerprint density at radius 1 is 1.19 bits per heavy atom. The molecule has 2 aromatic rings. The summed E-state index contributed by atoms with van der Waals surface area (Å²) < 4.78 is 0. The van der Waals surface area contributed by atoms with Crippen LogP contribution in [0.25, 0.3) is 0 Å². The largest absolute Gasteiger partial charge is 0.507 e. The Hall–Kier alpha value is -2.33. The number of primary amides is 1. The second-order valence-corrected chi connectivity index (χ2v) is 5.42. The molecule has 0 saturated heterocycles. The maximum Gasteiger partial charge on any atom is 0.252 e. The van der Waals surface area contributed by atoms with Crippen molar-refractivity contribution in [1.29, 1.82) is 0 Å². The number of hydrogen-bond donors (Lipinski definition) is 3. The van der Waals surface area contributed by atoms with Crippen molar-refractivity contribution >= 4 is 5.91 Å². The smallest absolute Gasteiger partial charge is 0.252 e. The molecule has 0 aliphatic heterocycles. The number of carbonyl (C=O) groups is 1. The second kappa shape index (κ2) is 5.58. The van der Waals surface area contributed by atoms with Gasteiger partial charge in [-0.25, -0.2) is 0 Å². The van der Waals surface area contributed by atoms with Crippen LogP contribution >= 0.6 is 0 Å². The van der Waals surface area contributed by atoms with E-state index in [1.165, 1.54) is 11.6 Å². The fraction of sp³-hybridized carbons (Fsp3) is 0.235. The predicted molar refractivity (Wildman–Crippen MR) is 81.1 cm³/mol. The van der Waals surface area contributed by atoms with E-state index in [2.05, 4.69) is 17.4 Å². The van der Waals surface area contributed by atoms with Crippen LogP contribution in [0.4, 0.5) is 0 Å². The standard InChI is InChI=1S/C17H18N2O2/c18-17(21)13-8-4-7-12(16(13)20)10-19-15-9-14(15)11-5-2-1-3-6-11/h1-8,14-15,19-20H,9-10H2,(H2,18,21). The third-order valence-corrected chi connectivity index (χ3v) is 3.96. The number of rotatable bonds is 5. The molecule has 4 nitrogen and oxygen atoms in total. The Labute approximate surface area is 123 Å². The van der Waals surface area contributed by atoms with Crippen molar-refractivity contribution in [2.24, 2.45) is 5.73 Å². The molecule has 1 saturated carbocycles. The van der Waals surface area contributed by atoms with Gasteiger partial charge in [-0.3, -0.25) is 4.79 Å². The second-order valence-electron chi connectivity index (χ2n) is 5.42. The first-order valence-corrected chi connectivity index (χ1v) is 7.06. The zero-order valence-corrected chi connectivity index (χ0v) is 11.6. The van der Waals surface area contributed by atoms with Crippen LogP contribution < -0.4 is 11.1 Å². The zero-order chi connectivity index (χ0) is 14.8. The molecule has 2 unspecified atom stereocenters. The monoisotopic (exact) mass is 282 g/mol. The predicted octanol–water partition coefficient (Wildman–Crippen LogP) is 2.14. The Balaban J connectivity index is 1.62. The summed E-state index contributed by atoms with van der Waals surface area (Å²) in [7, 11) is 0. The van der Waals surface area contributed by atoms with Crippen molar-refractivity contribution in [3.63, 3.8) is 0 Å². The summed E-state index contributed by atoms with van der Waals surface area (Å²) >= 11 is 0. The Bertz CT molecular complexity index is 655. The lowest BCUT2D eigenvalue weighted by Gasteiger charge is -2.09. The third-order valence-electron chi connectivity index (χ3n) is 3.96. The molecule has 1 fully saturated rings. The molecule has 2 aromatic carbocycles. The molecule has 4 N–H and O–H groups in total. The zero-order valence-electron chi connectivity index (χ0n) is 11.6. The number of phenols is 1. The number of amides is 1. The molecule has 0 aromatic heterocycles. The van der Waals surface area contributed by atoms with Crippen molar-refractivity contribution in [2.75, 3.05) is 0 Å². The fourth-order valence-electron chi connectivity index (χ4n) is 2.66. The van der Waals surface area contributed by atoms with Gasteiger partial charge in [-0.05, 0) is 18.1 Å². The molecule has 0 spiro atoms. The van der Waals surface area contributed by atoms with E-state index < -0.39 is 5.91 Å². The van der Waals surface area contributed by atoms with Gasteiger partial charge in [0.05, 0.1) is 5.56 Å². The molecule has 1 aliphatic rings. The van der Waals surface area contributed by atoms with E-state index in [0.717, 1.165) is 6.42 Å². The number of nitrogens with two attached hydrogens (primary N) is 1. The topological polar surface area (TPSA) is 75.4 Å². The minimum atomic E-state index is -0.608. The number of aromatic hydroxyl groups is 1. The summed E-state index contributed by atoms with van der Waals surface area (Å²) in [5.41, 5.74) is 7.44. The van der Waals surface area contributed by atoms with E-state index >= 15 is 0 Å². The highest BCUT2D eigenvalue weighted by Gasteiger charge is 2.37. The minimum Gasteiger partial charge on any atom is -0.507 e. The van der Waals surface area contributed by atoms with Crippen LogP contribution in [0.2, 0.25) is 0 Å². The average molecular weight is 282 g/mol. The molecule has 3 rings (SSSR count). The van der Waals surface area contributed by atoms with Crippen LogP contribution in [0.3, 0.4) is 0 Å². The lowest BCUT2D eigenvalue weighted by molar-refractivity contribution is 0.0997. The summed E-state index contributed by atoms with van der Waals surface area (Å²) in [6, 6.07) is 15.9. The van der Waals surface area contributed by atoms with Gasteiger partial charge in [0.2, 0.25) is 0 Å². The van der Waals surface area contributed by atoms with Gasteiger partial charge < -0.3 is 16.2 Å². The Morgan fingerprint density at radius 2 is 1.95 bits per heavy atom. The van der Waals surface area contributed by atoms with Crippen molar-refractivity contribution in [1.82, 2.24) is 5.32 Å². The fourth-order valence-corrected chi connectivity index (χ4v) is 2.66.